The van der Waals surface area contributed by atoms with Crippen molar-refractivity contribution in [2.75, 3.05) is 0 Å². The number of hydrogen-bond donors (Lipinski definition) is 1. The van der Waals surface area contributed by atoms with Crippen LogP contribution in [0.2, 0.25) is 3.67 Å². The molecular weight excluding hydrogens is 151 g/mol. The molecule has 0 aliphatic carbocycles. The zero-order valence-corrected chi connectivity index (χ0v) is 9.47. The third-order valence-electron chi connectivity index (χ3n) is 1.89. The summed E-state index contributed by atoms with van der Waals surface area (Å²) in [5.41, 5.74) is 0. The molecule has 0 aliphatic rings. The number of aliphatic carboxylic acids is 1. The van der Waals surface area contributed by atoms with E-state index in [1.807, 2.05) is 0 Å². The standard InChI is InChI=1S/C8H15O2.Na/c1-3-5-6-7(4-2)8(9)10;/h7H,2-6H2,1H3,(H,9,10);. The van der Waals surface area contributed by atoms with Crippen LogP contribution in [0.1, 0.15) is 32.6 Å². The van der Waals surface area contributed by atoms with Crippen LogP contribution >= 0.6 is 0 Å². The quantitative estimate of drug-likeness (QED) is 0.611. The van der Waals surface area contributed by atoms with Gasteiger partial charge >= 0.3 is 86.0 Å². The average Bonchev–Trinajstić information content (AvgIpc) is 1.97. The van der Waals surface area contributed by atoms with E-state index >= 15 is 0 Å². The second-order valence-corrected chi connectivity index (χ2v) is 3.97. The zero-order valence-electron chi connectivity index (χ0n) is 7.47. The van der Waals surface area contributed by atoms with E-state index in [-0.39, 0.29) is 5.92 Å². The van der Waals surface area contributed by atoms with E-state index in [2.05, 4.69) is 6.92 Å². The fourth-order valence-electron chi connectivity index (χ4n) is 1.19. The van der Waals surface area contributed by atoms with E-state index in [0.717, 1.165) is 57.3 Å². The summed E-state index contributed by atoms with van der Waals surface area (Å²) in [7, 11) is 0. The maximum absolute atomic E-state index is 10.6. The first-order valence-electron chi connectivity index (χ1n) is 4.45. The van der Waals surface area contributed by atoms with Crippen LogP contribution in [0, 0.1) is 5.92 Å². The predicted octanol–water partition coefficient (Wildman–Crippen LogP) is 1.85. The average molecular weight is 166 g/mol. The molecule has 11 heavy (non-hydrogen) atoms. The molecule has 60 valence electrons. The zero-order chi connectivity index (χ0) is 8.69. The van der Waals surface area contributed by atoms with Crippen LogP contribution in [0.4, 0.5) is 0 Å². The van der Waals surface area contributed by atoms with Crippen LogP contribution in [0.25, 0.3) is 0 Å². The summed E-state index contributed by atoms with van der Waals surface area (Å²) < 4.78 is 1.11. The summed E-state index contributed by atoms with van der Waals surface area (Å²) in [6, 6.07) is 0. The van der Waals surface area contributed by atoms with Crippen molar-refractivity contribution in [3.63, 3.8) is 0 Å². The molecule has 0 aromatic heterocycles. The van der Waals surface area contributed by atoms with E-state index in [4.69, 9.17) is 5.11 Å². The van der Waals surface area contributed by atoms with Crippen molar-refractivity contribution in [1.29, 1.82) is 0 Å². The Labute approximate surface area is 85.8 Å². The first-order valence-corrected chi connectivity index (χ1v) is 5.86. The van der Waals surface area contributed by atoms with Crippen molar-refractivity contribution in [3.8, 4) is 0 Å². The van der Waals surface area contributed by atoms with Gasteiger partial charge in [0.05, 0.1) is 0 Å². The van der Waals surface area contributed by atoms with Crippen molar-refractivity contribution < 1.29 is 9.90 Å². The van der Waals surface area contributed by atoms with E-state index in [0.29, 0.717) is 0 Å². The minimum atomic E-state index is -0.602. The maximum atomic E-state index is 10.6. The third-order valence-corrected chi connectivity index (χ3v) is 2.47. The minimum absolute atomic E-state index is 0.0625. The number of unbranched alkanes of at least 4 members (excludes halogenated alkanes) is 1. The van der Waals surface area contributed by atoms with Gasteiger partial charge in [0.2, 0.25) is 0 Å². The fourth-order valence-corrected chi connectivity index (χ4v) is 1.89. The second-order valence-electron chi connectivity index (χ2n) is 2.97. The Kier molecular flexibility index (Phi) is 7.44. The molecule has 2 nitrogen and oxygen atoms in total. The van der Waals surface area contributed by atoms with Crippen LogP contribution in [0.15, 0.2) is 0 Å². The van der Waals surface area contributed by atoms with E-state index in [1.165, 1.54) is 0 Å². The van der Waals surface area contributed by atoms with Gasteiger partial charge in [0, 0.05) is 0 Å². The number of carbonyl (C=O) groups is 1. The Morgan fingerprint density at radius 2 is 2.18 bits per heavy atom. The van der Waals surface area contributed by atoms with Gasteiger partial charge in [-0.15, -0.1) is 0 Å². The van der Waals surface area contributed by atoms with E-state index in [9.17, 15) is 4.79 Å². The Morgan fingerprint density at radius 3 is 2.55 bits per heavy atom. The number of rotatable bonds is 6. The molecule has 0 aromatic rings. The molecule has 0 fully saturated rings. The molecule has 1 N–H and O–H groups in total. The Balaban J connectivity index is 3.60. The molecule has 0 amide bonds. The summed E-state index contributed by atoms with van der Waals surface area (Å²) in [6.07, 6.45) is 3.92. The first kappa shape index (κ1) is 11.5. The van der Waals surface area contributed by atoms with Gasteiger partial charge < -0.3 is 0 Å². The monoisotopic (exact) mass is 166 g/mol. The molecule has 0 aliphatic heterocycles. The Hall–Kier alpha value is 0.470. The molecule has 0 bridgehead atoms. The number of carboxylic acids is 1. The van der Waals surface area contributed by atoms with Crippen LogP contribution in [-0.4, -0.2) is 39.0 Å². The van der Waals surface area contributed by atoms with Crippen molar-refractivity contribution >= 4 is 33.9 Å². The summed E-state index contributed by atoms with van der Waals surface area (Å²) >= 11 is 1.13. The Bertz CT molecular complexity index is 115. The molecular formula is C8H15NaO2. The van der Waals surface area contributed by atoms with Crippen molar-refractivity contribution in [3.05, 3.63) is 0 Å². The molecule has 0 aromatic carbocycles. The molecule has 3 heteroatoms. The van der Waals surface area contributed by atoms with Gasteiger partial charge in [-0.05, 0) is 0 Å². The third kappa shape index (κ3) is 5.71. The summed E-state index contributed by atoms with van der Waals surface area (Å²) in [4.78, 5) is 10.6. The van der Waals surface area contributed by atoms with Crippen molar-refractivity contribution in [1.82, 2.24) is 0 Å². The topological polar surface area (TPSA) is 37.3 Å². The van der Waals surface area contributed by atoms with Crippen LogP contribution in [0.5, 0.6) is 0 Å². The van der Waals surface area contributed by atoms with E-state index in [1.54, 1.807) is 0 Å². The molecule has 1 atom stereocenters. The van der Waals surface area contributed by atoms with Gasteiger partial charge in [-0.2, -0.15) is 0 Å². The van der Waals surface area contributed by atoms with Crippen LogP contribution < -0.4 is 0 Å². The molecule has 0 spiro atoms. The molecule has 0 heterocycles. The molecule has 0 saturated heterocycles. The summed E-state index contributed by atoms with van der Waals surface area (Å²) in [6.45, 7) is 2.10. The van der Waals surface area contributed by atoms with Gasteiger partial charge in [0.1, 0.15) is 0 Å². The van der Waals surface area contributed by atoms with Gasteiger partial charge in [-0.25, -0.2) is 0 Å². The normalized spacial score (nSPS) is 13.0. The summed E-state index contributed by atoms with van der Waals surface area (Å²) in [5.74, 6) is -0.665. The van der Waals surface area contributed by atoms with E-state index < -0.39 is 5.97 Å². The second kappa shape index (κ2) is 7.14. The van der Waals surface area contributed by atoms with Gasteiger partial charge in [-0.1, -0.05) is 0 Å². The molecule has 1 unspecified atom stereocenters. The first-order chi connectivity index (χ1) is 5.22. The predicted molar refractivity (Wildman–Crippen MR) is 45.8 cm³/mol. The van der Waals surface area contributed by atoms with Crippen molar-refractivity contribution in [2.45, 2.75) is 36.3 Å². The molecule has 0 rings (SSSR count). The van der Waals surface area contributed by atoms with Crippen molar-refractivity contribution in [2.24, 2.45) is 5.92 Å². The van der Waals surface area contributed by atoms with Gasteiger partial charge in [0.15, 0.2) is 0 Å². The van der Waals surface area contributed by atoms with Gasteiger partial charge in [-0.3, -0.25) is 0 Å². The molecule has 0 saturated carbocycles. The molecule has 0 radical (unpaired) electrons. The fraction of sp³-hybridized carbons (Fsp3) is 0.875. The van der Waals surface area contributed by atoms with Crippen LogP contribution in [0.3, 0.4) is 0 Å². The Morgan fingerprint density at radius 1 is 1.55 bits per heavy atom. The SMILES string of the molecule is CCCCC(C[CH2][Na])C(=O)O. The van der Waals surface area contributed by atoms with Crippen LogP contribution in [-0.2, 0) is 4.79 Å². The number of hydrogen-bond acceptors (Lipinski definition) is 1. The number of carboxylic acid groups (broad SMARTS) is 1. The summed E-state index contributed by atoms with van der Waals surface area (Å²) in [5, 5.41) is 8.75. The van der Waals surface area contributed by atoms with Gasteiger partial charge in [0.25, 0.3) is 0 Å².